The van der Waals surface area contributed by atoms with Crippen LogP contribution in [0.25, 0.3) is 0 Å². The molecule has 0 aromatic heterocycles. The highest BCUT2D eigenvalue weighted by Crippen LogP contribution is 2.11. The minimum Gasteiger partial charge on any atom is -0.364 e. The van der Waals surface area contributed by atoms with Crippen molar-refractivity contribution in [2.24, 2.45) is 0 Å². The van der Waals surface area contributed by atoms with Gasteiger partial charge in [-0.1, -0.05) is 11.3 Å². The zero-order chi connectivity index (χ0) is 8.10. The van der Waals surface area contributed by atoms with Crippen LogP contribution >= 0.6 is 0 Å². The van der Waals surface area contributed by atoms with Gasteiger partial charge in [0.1, 0.15) is 6.07 Å². The van der Waals surface area contributed by atoms with Crippen LogP contribution in [0.2, 0.25) is 0 Å². The van der Waals surface area contributed by atoms with Gasteiger partial charge in [-0.3, -0.25) is 0 Å². The molecule has 0 spiro atoms. The van der Waals surface area contributed by atoms with Gasteiger partial charge < -0.3 is 5.32 Å². The Morgan fingerprint density at radius 1 is 1.73 bits per heavy atom. The van der Waals surface area contributed by atoms with Crippen LogP contribution in [0.4, 0.5) is 0 Å². The largest absolute Gasteiger partial charge is 0.364 e. The van der Waals surface area contributed by atoms with Crippen molar-refractivity contribution in [1.29, 1.82) is 5.26 Å². The smallest absolute Gasteiger partial charge is 0.321 e. The summed E-state index contributed by atoms with van der Waals surface area (Å²) in [5.74, 6) is 0. The van der Waals surface area contributed by atoms with E-state index in [1.807, 2.05) is 12.1 Å². The minimum absolute atomic E-state index is 0.300. The van der Waals surface area contributed by atoms with Gasteiger partial charge in [0.25, 0.3) is 0 Å². The summed E-state index contributed by atoms with van der Waals surface area (Å²) >= 11 is 0. The molecule has 0 aromatic rings. The number of hydrogen-bond donors (Lipinski definition) is 2. The highest BCUT2D eigenvalue weighted by atomic mass is 14.9. The fourth-order valence-corrected chi connectivity index (χ4v) is 0.911. The zero-order valence-electron chi connectivity index (χ0n) is 6.02. The predicted molar refractivity (Wildman–Crippen MR) is 39.0 cm³/mol. The Kier molecular flexibility index (Phi) is 2.30. The summed E-state index contributed by atoms with van der Waals surface area (Å²) in [5.41, 5.74) is 1.10. The summed E-state index contributed by atoms with van der Waals surface area (Å²) < 4.78 is 0. The fraction of sp³-hybridized carbons (Fsp3) is 0.250. The van der Waals surface area contributed by atoms with Crippen LogP contribution in [0, 0.1) is 17.4 Å². The molecule has 0 amide bonds. The lowest BCUT2D eigenvalue weighted by atomic mass is 10.1. The second-order valence-electron chi connectivity index (χ2n) is 2.18. The third kappa shape index (κ3) is 1.59. The SMILES string of the molecule is N#CC(C#[NH+])=C1CCC=CN1. The van der Waals surface area contributed by atoms with Crippen molar-refractivity contribution in [2.75, 3.05) is 0 Å². The van der Waals surface area contributed by atoms with Crippen LogP contribution < -0.4 is 10.6 Å². The zero-order valence-corrected chi connectivity index (χ0v) is 6.02. The quantitative estimate of drug-likeness (QED) is 0.450. The molecule has 3 heteroatoms. The summed E-state index contributed by atoms with van der Waals surface area (Å²) in [7, 11) is 0. The van der Waals surface area contributed by atoms with E-state index < -0.39 is 0 Å². The first kappa shape index (κ1) is 7.37. The van der Waals surface area contributed by atoms with Crippen LogP contribution in [-0.2, 0) is 0 Å². The van der Waals surface area contributed by atoms with Gasteiger partial charge in [-0.05, 0) is 19.0 Å². The van der Waals surface area contributed by atoms with E-state index in [-0.39, 0.29) is 0 Å². The maximum Gasteiger partial charge on any atom is 0.321 e. The fourth-order valence-electron chi connectivity index (χ4n) is 0.911. The molecule has 0 aliphatic carbocycles. The maximum atomic E-state index is 8.52. The molecule has 0 aromatic carbocycles. The van der Waals surface area contributed by atoms with Gasteiger partial charge in [0.15, 0.2) is 5.57 Å². The summed E-state index contributed by atoms with van der Waals surface area (Å²) in [6.07, 6.45) is 5.50. The van der Waals surface area contributed by atoms with E-state index in [4.69, 9.17) is 10.5 Å². The van der Waals surface area contributed by atoms with Gasteiger partial charge in [0, 0.05) is 5.70 Å². The first-order valence-electron chi connectivity index (χ1n) is 3.36. The van der Waals surface area contributed by atoms with Gasteiger partial charge in [-0.2, -0.15) is 5.26 Å². The van der Waals surface area contributed by atoms with Gasteiger partial charge in [-0.25, -0.2) is 0 Å². The second-order valence-corrected chi connectivity index (χ2v) is 2.18. The normalized spacial score (nSPS) is 19.5. The van der Waals surface area contributed by atoms with Gasteiger partial charge in [-0.15, -0.1) is 0 Å². The monoisotopic (exact) mass is 146 g/mol. The molecule has 0 fully saturated rings. The summed E-state index contributed by atoms with van der Waals surface area (Å²) in [6, 6.07) is 4.00. The molecule has 11 heavy (non-hydrogen) atoms. The Morgan fingerprint density at radius 3 is 3.00 bits per heavy atom. The molecule has 0 unspecified atom stereocenters. The van der Waals surface area contributed by atoms with E-state index in [0.717, 1.165) is 18.5 Å². The van der Waals surface area contributed by atoms with E-state index >= 15 is 0 Å². The minimum atomic E-state index is 0.300. The van der Waals surface area contributed by atoms with E-state index in [0.29, 0.717) is 5.57 Å². The van der Waals surface area contributed by atoms with Crippen LogP contribution in [0.1, 0.15) is 12.8 Å². The third-order valence-corrected chi connectivity index (χ3v) is 1.47. The van der Waals surface area contributed by atoms with Crippen molar-refractivity contribution in [2.45, 2.75) is 12.8 Å². The van der Waals surface area contributed by atoms with Crippen molar-refractivity contribution >= 4 is 0 Å². The first-order chi connectivity index (χ1) is 5.38. The molecule has 0 atom stereocenters. The van der Waals surface area contributed by atoms with Crippen molar-refractivity contribution in [3.8, 4) is 12.1 Å². The van der Waals surface area contributed by atoms with E-state index in [1.165, 1.54) is 0 Å². The van der Waals surface area contributed by atoms with Crippen molar-refractivity contribution in [1.82, 2.24) is 5.32 Å². The topological polar surface area (TPSA) is 59.6 Å². The lowest BCUT2D eigenvalue weighted by Gasteiger charge is -2.08. The molecule has 0 radical (unpaired) electrons. The lowest BCUT2D eigenvalue weighted by molar-refractivity contribution is -0.0910. The second kappa shape index (κ2) is 3.43. The molecular weight excluding hydrogens is 138 g/mol. The number of hydrogen-bond acceptors (Lipinski definition) is 2. The molecule has 3 nitrogen and oxygen atoms in total. The number of nitrogens with zero attached hydrogens (tertiary/aromatic N) is 1. The Labute approximate surface area is 65.2 Å². The summed E-state index contributed by atoms with van der Waals surface area (Å²) in [5, 5.41) is 18.2. The average Bonchev–Trinajstić information content (AvgIpc) is 2.09. The Morgan fingerprint density at radius 2 is 2.55 bits per heavy atom. The molecule has 0 saturated carbocycles. The van der Waals surface area contributed by atoms with E-state index in [2.05, 4.69) is 11.4 Å². The standard InChI is InChI=1S/C8H7N3/c9-5-7(6-10)8-3-1-2-4-11-8/h2,4,11H,1,3H2/p+1. The number of nitriles is 1. The Hall–Kier alpha value is -1.74. The predicted octanol–water partition coefficient (Wildman–Crippen LogP) is -0.566. The van der Waals surface area contributed by atoms with Crippen molar-refractivity contribution in [3.05, 3.63) is 23.5 Å². The molecule has 1 heterocycles. The van der Waals surface area contributed by atoms with Crippen LogP contribution in [0.3, 0.4) is 0 Å². The van der Waals surface area contributed by atoms with Crippen molar-refractivity contribution in [3.63, 3.8) is 0 Å². The van der Waals surface area contributed by atoms with Crippen LogP contribution in [-0.4, -0.2) is 0 Å². The van der Waals surface area contributed by atoms with E-state index in [1.54, 1.807) is 6.20 Å². The molecule has 1 aliphatic rings. The average molecular weight is 146 g/mol. The Bertz CT molecular complexity index is 269. The third-order valence-electron chi connectivity index (χ3n) is 1.47. The van der Waals surface area contributed by atoms with Gasteiger partial charge in [0.2, 0.25) is 0 Å². The maximum absolute atomic E-state index is 8.52. The highest BCUT2D eigenvalue weighted by molar-refractivity contribution is 5.40. The van der Waals surface area contributed by atoms with Crippen LogP contribution in [0.15, 0.2) is 23.5 Å². The molecule has 1 aliphatic heterocycles. The lowest BCUT2D eigenvalue weighted by Crippen LogP contribution is -2.20. The molecule has 1 rings (SSSR count). The highest BCUT2D eigenvalue weighted by Gasteiger charge is 2.08. The van der Waals surface area contributed by atoms with Crippen molar-refractivity contribution < 1.29 is 5.26 Å². The number of rotatable bonds is 0. The summed E-state index contributed by atoms with van der Waals surface area (Å²) in [4.78, 5) is 0. The van der Waals surface area contributed by atoms with Gasteiger partial charge in [0.05, 0.1) is 0 Å². The molecule has 54 valence electrons. The molecule has 0 saturated heterocycles. The first-order valence-corrected chi connectivity index (χ1v) is 3.36. The molecule has 0 bridgehead atoms. The molecule has 2 N–H and O–H groups in total. The van der Waals surface area contributed by atoms with Crippen LogP contribution in [0.5, 0.6) is 0 Å². The van der Waals surface area contributed by atoms with E-state index in [9.17, 15) is 0 Å². The summed E-state index contributed by atoms with van der Waals surface area (Å²) in [6.45, 7) is 0. The van der Waals surface area contributed by atoms with Gasteiger partial charge >= 0.3 is 6.07 Å². The molecular formula is C8H8N3+. The number of nitrogens with one attached hydrogen (secondary N) is 2. The Balaban J connectivity index is 2.89. The number of allylic oxidation sites excluding steroid dienone is 3.